The second-order valence-corrected chi connectivity index (χ2v) is 10.5. The van der Waals surface area contributed by atoms with Crippen molar-refractivity contribution in [1.82, 2.24) is 25.2 Å². The Kier molecular flexibility index (Phi) is 5.43. The highest BCUT2D eigenvalue weighted by molar-refractivity contribution is 7.19. The van der Waals surface area contributed by atoms with Gasteiger partial charge in [-0.05, 0) is 42.7 Å². The molecule has 3 aromatic heterocycles. The van der Waals surface area contributed by atoms with Crippen LogP contribution in [0.5, 0.6) is 0 Å². The van der Waals surface area contributed by atoms with E-state index in [1.807, 2.05) is 22.5 Å². The topological polar surface area (TPSA) is 83.0 Å². The standard InChI is InChI=1S/C24H24N6OS2/c31-24(29-16-4-2-1-3-5-16)30-9-8-15(12-30)21-11-18-22(25-13-26-23(18)33-21)28-17-6-7-20-19(10-17)27-14-32-20/h6-8,10-11,13-14,16H,1-5,9,12H2,(H,29,31)(H,25,26,28). The van der Waals surface area contributed by atoms with Gasteiger partial charge in [0.05, 0.1) is 21.1 Å². The lowest BCUT2D eigenvalue weighted by Crippen LogP contribution is -2.44. The molecule has 6 rings (SSSR count). The Bertz CT molecular complexity index is 1350. The summed E-state index contributed by atoms with van der Waals surface area (Å²) in [5.41, 5.74) is 4.96. The van der Waals surface area contributed by atoms with Crippen LogP contribution in [0, 0.1) is 0 Å². The number of amides is 2. The number of urea groups is 1. The summed E-state index contributed by atoms with van der Waals surface area (Å²) in [7, 11) is 0. The first-order valence-corrected chi connectivity index (χ1v) is 13.0. The normalized spacial score (nSPS) is 17.0. The number of fused-ring (bicyclic) bond motifs is 2. The van der Waals surface area contributed by atoms with E-state index in [9.17, 15) is 4.79 Å². The van der Waals surface area contributed by atoms with Gasteiger partial charge in [-0.2, -0.15) is 0 Å². The van der Waals surface area contributed by atoms with Gasteiger partial charge in [0.25, 0.3) is 0 Å². The zero-order chi connectivity index (χ0) is 22.2. The summed E-state index contributed by atoms with van der Waals surface area (Å²) < 4.78 is 1.16. The van der Waals surface area contributed by atoms with Gasteiger partial charge in [-0.1, -0.05) is 25.3 Å². The van der Waals surface area contributed by atoms with E-state index in [0.29, 0.717) is 19.1 Å². The Morgan fingerprint density at radius 2 is 2.00 bits per heavy atom. The van der Waals surface area contributed by atoms with Gasteiger partial charge in [0.15, 0.2) is 0 Å². The molecule has 1 aromatic carbocycles. The number of benzene rings is 1. The van der Waals surface area contributed by atoms with Crippen LogP contribution in [0.3, 0.4) is 0 Å². The minimum atomic E-state index is 0.0499. The fourth-order valence-electron chi connectivity index (χ4n) is 4.59. The number of anilines is 2. The molecule has 0 unspecified atom stereocenters. The fraction of sp³-hybridized carbons (Fsp3) is 0.333. The smallest absolute Gasteiger partial charge is 0.318 e. The zero-order valence-corrected chi connectivity index (χ0v) is 19.7. The van der Waals surface area contributed by atoms with Crippen LogP contribution in [0.15, 0.2) is 42.2 Å². The first-order valence-electron chi connectivity index (χ1n) is 11.3. The molecule has 7 nitrogen and oxygen atoms in total. The number of carbonyl (C=O) groups excluding carboxylic acids is 1. The van der Waals surface area contributed by atoms with Gasteiger partial charge in [0.1, 0.15) is 17.0 Å². The lowest BCUT2D eigenvalue weighted by Gasteiger charge is -2.26. The second-order valence-electron chi connectivity index (χ2n) is 8.61. The average molecular weight is 477 g/mol. The highest BCUT2D eigenvalue weighted by Crippen LogP contribution is 2.35. The van der Waals surface area contributed by atoms with Crippen LogP contribution in [0.25, 0.3) is 26.0 Å². The number of nitrogens with zero attached hydrogens (tertiary/aromatic N) is 4. The van der Waals surface area contributed by atoms with Crippen molar-refractivity contribution >= 4 is 66.2 Å². The molecule has 4 aromatic rings. The monoisotopic (exact) mass is 476 g/mol. The lowest BCUT2D eigenvalue weighted by molar-refractivity contribution is 0.203. The number of hydrogen-bond donors (Lipinski definition) is 2. The third kappa shape index (κ3) is 4.18. The van der Waals surface area contributed by atoms with Gasteiger partial charge in [0, 0.05) is 29.7 Å². The van der Waals surface area contributed by atoms with Gasteiger partial charge in [-0.3, -0.25) is 0 Å². The van der Waals surface area contributed by atoms with E-state index in [0.717, 1.165) is 49.7 Å². The predicted octanol–water partition coefficient (Wildman–Crippen LogP) is 5.79. The number of hydrogen-bond acceptors (Lipinski definition) is 7. The van der Waals surface area contributed by atoms with Crippen molar-refractivity contribution < 1.29 is 4.79 Å². The summed E-state index contributed by atoms with van der Waals surface area (Å²) in [5.74, 6) is 0.780. The number of nitrogens with one attached hydrogen (secondary N) is 2. The van der Waals surface area contributed by atoms with Crippen LogP contribution in [-0.2, 0) is 0 Å². The Hall–Kier alpha value is -3.04. The van der Waals surface area contributed by atoms with E-state index < -0.39 is 0 Å². The van der Waals surface area contributed by atoms with Crippen LogP contribution in [0.1, 0.15) is 37.0 Å². The summed E-state index contributed by atoms with van der Waals surface area (Å²) in [6.07, 6.45) is 9.66. The molecule has 0 spiro atoms. The Labute approximate surface area is 199 Å². The molecule has 1 aliphatic heterocycles. The Balaban J connectivity index is 1.18. The molecule has 9 heteroatoms. The third-order valence-corrected chi connectivity index (χ3v) is 8.31. The molecule has 1 saturated carbocycles. The molecule has 4 heterocycles. The lowest BCUT2D eigenvalue weighted by atomic mass is 9.96. The van der Waals surface area contributed by atoms with Crippen LogP contribution < -0.4 is 10.6 Å². The molecule has 2 N–H and O–H groups in total. The van der Waals surface area contributed by atoms with E-state index in [-0.39, 0.29) is 6.03 Å². The van der Waals surface area contributed by atoms with Crippen molar-refractivity contribution in [2.45, 2.75) is 38.1 Å². The number of rotatable bonds is 4. The summed E-state index contributed by atoms with van der Waals surface area (Å²) in [5, 5.41) is 7.65. The second kappa shape index (κ2) is 8.72. The molecule has 1 aliphatic carbocycles. The van der Waals surface area contributed by atoms with Gasteiger partial charge in [-0.15, -0.1) is 22.7 Å². The van der Waals surface area contributed by atoms with Crippen LogP contribution in [-0.4, -0.2) is 45.0 Å². The first kappa shape index (κ1) is 20.6. The quantitative estimate of drug-likeness (QED) is 0.390. The maximum atomic E-state index is 12.7. The molecule has 33 heavy (non-hydrogen) atoms. The van der Waals surface area contributed by atoms with Crippen LogP contribution in [0.2, 0.25) is 0 Å². The average Bonchev–Trinajstić information content (AvgIpc) is 3.58. The third-order valence-electron chi connectivity index (χ3n) is 6.38. The largest absolute Gasteiger partial charge is 0.340 e. The van der Waals surface area contributed by atoms with Crippen molar-refractivity contribution in [1.29, 1.82) is 0 Å². The summed E-state index contributed by atoms with van der Waals surface area (Å²) in [6.45, 7) is 1.27. The van der Waals surface area contributed by atoms with Crippen molar-refractivity contribution in [3.63, 3.8) is 0 Å². The molecular weight excluding hydrogens is 452 g/mol. The minimum Gasteiger partial charge on any atom is -0.340 e. The van der Waals surface area contributed by atoms with Crippen LogP contribution in [0.4, 0.5) is 16.3 Å². The van der Waals surface area contributed by atoms with E-state index in [1.165, 1.54) is 24.8 Å². The number of thiophene rings is 1. The zero-order valence-electron chi connectivity index (χ0n) is 18.1. The number of thiazole rings is 1. The van der Waals surface area contributed by atoms with E-state index in [4.69, 9.17) is 0 Å². The van der Waals surface area contributed by atoms with E-state index >= 15 is 0 Å². The van der Waals surface area contributed by atoms with Gasteiger partial charge in [0.2, 0.25) is 0 Å². The fourth-order valence-corrected chi connectivity index (χ4v) is 6.28. The maximum absolute atomic E-state index is 12.7. The summed E-state index contributed by atoms with van der Waals surface area (Å²) >= 11 is 3.28. The maximum Gasteiger partial charge on any atom is 0.318 e. The summed E-state index contributed by atoms with van der Waals surface area (Å²) in [4.78, 5) is 30.1. The molecule has 168 valence electrons. The highest BCUT2D eigenvalue weighted by atomic mass is 32.1. The Morgan fingerprint density at radius 3 is 2.91 bits per heavy atom. The number of carbonyl (C=O) groups is 1. The van der Waals surface area contributed by atoms with Gasteiger partial charge in [-0.25, -0.2) is 19.7 Å². The molecule has 2 aliphatic rings. The molecule has 0 radical (unpaired) electrons. The summed E-state index contributed by atoms with van der Waals surface area (Å²) in [6, 6.07) is 8.67. The SMILES string of the molecule is O=C(NC1CCCCC1)N1CC=C(c2cc3c(Nc4ccc5scnc5c4)ncnc3s2)C1. The van der Waals surface area contributed by atoms with Crippen molar-refractivity contribution in [2.24, 2.45) is 0 Å². The van der Waals surface area contributed by atoms with Crippen LogP contribution >= 0.6 is 22.7 Å². The van der Waals surface area contributed by atoms with E-state index in [2.05, 4.69) is 43.8 Å². The van der Waals surface area contributed by atoms with Gasteiger partial charge < -0.3 is 15.5 Å². The molecule has 1 fully saturated rings. The first-order chi connectivity index (χ1) is 16.2. The van der Waals surface area contributed by atoms with E-state index in [1.54, 1.807) is 29.0 Å². The molecule has 0 atom stereocenters. The van der Waals surface area contributed by atoms with Crippen molar-refractivity contribution in [2.75, 3.05) is 18.4 Å². The highest BCUT2D eigenvalue weighted by Gasteiger charge is 2.25. The van der Waals surface area contributed by atoms with Gasteiger partial charge >= 0.3 is 6.03 Å². The predicted molar refractivity (Wildman–Crippen MR) is 135 cm³/mol. The van der Waals surface area contributed by atoms with Crippen molar-refractivity contribution in [3.05, 3.63) is 47.1 Å². The molecule has 0 saturated heterocycles. The molecule has 0 bridgehead atoms. The Morgan fingerprint density at radius 1 is 1.09 bits per heavy atom. The number of aromatic nitrogens is 3. The minimum absolute atomic E-state index is 0.0499. The molecular formula is C24H24N6OS2. The van der Waals surface area contributed by atoms with Crippen molar-refractivity contribution in [3.8, 4) is 0 Å². The molecule has 2 amide bonds.